The third-order valence-corrected chi connectivity index (χ3v) is 1.09. The Labute approximate surface area is 67.7 Å². The van der Waals surface area contributed by atoms with Gasteiger partial charge in [0.2, 0.25) is 0 Å². The molecule has 0 aromatic heterocycles. The van der Waals surface area contributed by atoms with E-state index in [0.29, 0.717) is 13.2 Å². The van der Waals surface area contributed by atoms with Crippen molar-refractivity contribution in [2.24, 2.45) is 0 Å². The Morgan fingerprint density at radius 1 is 1.45 bits per heavy atom. The minimum atomic E-state index is -0.573. The summed E-state index contributed by atoms with van der Waals surface area (Å²) in [5, 5.41) is 0. The van der Waals surface area contributed by atoms with E-state index < -0.39 is 6.16 Å². The normalized spacial score (nSPS) is 9.27. The molecular weight excluding hydrogens is 144 g/mol. The first-order valence-electron chi connectivity index (χ1n) is 3.88. The maximum absolute atomic E-state index is 10.6. The molecule has 0 fully saturated rings. The van der Waals surface area contributed by atoms with Gasteiger partial charge in [0.15, 0.2) is 0 Å². The molecule has 0 heterocycles. The minimum absolute atomic E-state index is 0.324. The lowest BCUT2D eigenvalue weighted by Gasteiger charge is -2.03. The van der Waals surface area contributed by atoms with Crippen LogP contribution in [0.1, 0.15) is 26.7 Å². The van der Waals surface area contributed by atoms with Crippen molar-refractivity contribution in [2.45, 2.75) is 26.7 Å². The fourth-order valence-electron chi connectivity index (χ4n) is 0.493. The molecule has 0 N–H and O–H groups in total. The van der Waals surface area contributed by atoms with E-state index >= 15 is 0 Å². The fraction of sp³-hybridized carbons (Fsp3) is 0.750. The lowest BCUT2D eigenvalue weighted by atomic mass is 10.4. The van der Waals surface area contributed by atoms with Gasteiger partial charge in [-0.1, -0.05) is 20.3 Å². The lowest BCUT2D eigenvalue weighted by molar-refractivity contribution is 0.0601. The summed E-state index contributed by atoms with van der Waals surface area (Å²) in [6, 6.07) is 0. The number of hydrogen-bond donors (Lipinski definition) is 0. The monoisotopic (exact) mass is 159 g/mol. The van der Waals surface area contributed by atoms with Gasteiger partial charge in [0, 0.05) is 0 Å². The molecule has 0 saturated carbocycles. The average Bonchev–Trinajstić information content (AvgIpc) is 2.01. The number of carbonyl (C=O) groups is 1. The van der Waals surface area contributed by atoms with Gasteiger partial charge in [0.05, 0.1) is 13.2 Å². The van der Waals surface area contributed by atoms with Crippen LogP contribution in [0.5, 0.6) is 0 Å². The van der Waals surface area contributed by atoms with E-state index in [2.05, 4.69) is 4.74 Å². The van der Waals surface area contributed by atoms with Crippen LogP contribution in [0.3, 0.4) is 0 Å². The van der Waals surface area contributed by atoms with Gasteiger partial charge in [0.25, 0.3) is 0 Å². The number of unbranched alkanes of at least 4 members (excludes halogenated alkanes) is 1. The summed E-state index contributed by atoms with van der Waals surface area (Å²) in [4.78, 5) is 10.6. The maximum atomic E-state index is 10.6. The van der Waals surface area contributed by atoms with Crippen LogP contribution in [-0.2, 0) is 9.47 Å². The molecule has 0 amide bonds. The third-order valence-electron chi connectivity index (χ3n) is 1.09. The fourth-order valence-corrected chi connectivity index (χ4v) is 0.493. The summed E-state index contributed by atoms with van der Waals surface area (Å²) in [6.45, 7) is 4.64. The molecular formula is C8H15O3. The van der Waals surface area contributed by atoms with Crippen LogP contribution >= 0.6 is 0 Å². The smallest absolute Gasteiger partial charge is 0.434 e. The van der Waals surface area contributed by atoms with Crippen LogP contribution in [-0.4, -0.2) is 19.4 Å². The van der Waals surface area contributed by atoms with Crippen molar-refractivity contribution >= 4 is 6.16 Å². The number of ether oxygens (including phenoxy) is 2. The topological polar surface area (TPSA) is 35.5 Å². The zero-order valence-corrected chi connectivity index (χ0v) is 7.13. The van der Waals surface area contributed by atoms with Gasteiger partial charge in [-0.25, -0.2) is 4.79 Å². The van der Waals surface area contributed by atoms with Gasteiger partial charge in [-0.3, -0.25) is 0 Å². The van der Waals surface area contributed by atoms with Gasteiger partial charge in [-0.15, -0.1) is 0 Å². The van der Waals surface area contributed by atoms with E-state index in [1.807, 2.05) is 13.8 Å². The highest BCUT2D eigenvalue weighted by atomic mass is 16.7. The van der Waals surface area contributed by atoms with E-state index in [1.54, 1.807) is 6.42 Å². The molecule has 0 atom stereocenters. The molecule has 11 heavy (non-hydrogen) atoms. The maximum Gasteiger partial charge on any atom is 0.508 e. The number of hydrogen-bond acceptors (Lipinski definition) is 3. The SMILES string of the molecule is C[CH]COC(=O)OCCCC. The van der Waals surface area contributed by atoms with Crippen molar-refractivity contribution in [1.82, 2.24) is 0 Å². The molecule has 0 aromatic rings. The van der Waals surface area contributed by atoms with Crippen molar-refractivity contribution in [3.8, 4) is 0 Å². The summed E-state index contributed by atoms with van der Waals surface area (Å²) in [5.41, 5.74) is 0. The predicted molar refractivity (Wildman–Crippen MR) is 42.2 cm³/mol. The number of rotatable bonds is 5. The molecule has 0 saturated heterocycles. The van der Waals surface area contributed by atoms with Gasteiger partial charge >= 0.3 is 6.16 Å². The Bertz CT molecular complexity index is 102. The summed E-state index contributed by atoms with van der Waals surface area (Å²) < 4.78 is 9.32. The van der Waals surface area contributed by atoms with Crippen LogP contribution in [0.25, 0.3) is 0 Å². The Balaban J connectivity index is 3.09. The second kappa shape index (κ2) is 7.38. The Morgan fingerprint density at radius 3 is 2.73 bits per heavy atom. The Kier molecular flexibility index (Phi) is 6.89. The highest BCUT2D eigenvalue weighted by molar-refractivity contribution is 5.59. The predicted octanol–water partition coefficient (Wildman–Crippen LogP) is 2.16. The van der Waals surface area contributed by atoms with Gasteiger partial charge in [-0.2, -0.15) is 0 Å². The first-order chi connectivity index (χ1) is 5.31. The van der Waals surface area contributed by atoms with E-state index in [1.165, 1.54) is 0 Å². The second-order valence-corrected chi connectivity index (χ2v) is 2.17. The Morgan fingerprint density at radius 2 is 2.18 bits per heavy atom. The molecule has 0 rings (SSSR count). The zero-order valence-electron chi connectivity index (χ0n) is 7.13. The zero-order chi connectivity index (χ0) is 8.53. The standard InChI is InChI=1S/C8H15O3/c1-3-5-7-11-8(9)10-6-4-2/h4H,3,5-7H2,1-2H3. The molecule has 0 aliphatic rings. The third kappa shape index (κ3) is 7.16. The average molecular weight is 159 g/mol. The molecule has 0 bridgehead atoms. The number of carbonyl (C=O) groups excluding carboxylic acids is 1. The second-order valence-electron chi connectivity index (χ2n) is 2.17. The van der Waals surface area contributed by atoms with Gasteiger partial charge < -0.3 is 9.47 Å². The molecule has 1 radical (unpaired) electrons. The highest BCUT2D eigenvalue weighted by Gasteiger charge is 2.00. The molecule has 0 spiro atoms. The van der Waals surface area contributed by atoms with Gasteiger partial charge in [0.1, 0.15) is 0 Å². The van der Waals surface area contributed by atoms with Crippen molar-refractivity contribution in [1.29, 1.82) is 0 Å². The summed E-state index contributed by atoms with van der Waals surface area (Å²) in [5.74, 6) is 0. The minimum Gasteiger partial charge on any atom is -0.434 e. The first kappa shape index (κ1) is 10.3. The van der Waals surface area contributed by atoms with E-state index in [0.717, 1.165) is 12.8 Å². The van der Waals surface area contributed by atoms with Crippen LogP contribution < -0.4 is 0 Å². The van der Waals surface area contributed by atoms with Crippen molar-refractivity contribution in [2.75, 3.05) is 13.2 Å². The molecule has 0 aliphatic heterocycles. The summed E-state index contributed by atoms with van der Waals surface area (Å²) in [7, 11) is 0. The summed E-state index contributed by atoms with van der Waals surface area (Å²) >= 11 is 0. The van der Waals surface area contributed by atoms with Crippen LogP contribution in [0.2, 0.25) is 0 Å². The molecule has 0 aliphatic carbocycles. The van der Waals surface area contributed by atoms with E-state index in [-0.39, 0.29) is 0 Å². The van der Waals surface area contributed by atoms with Crippen molar-refractivity contribution in [3.05, 3.63) is 6.42 Å². The Hall–Kier alpha value is -0.730. The van der Waals surface area contributed by atoms with E-state index in [4.69, 9.17) is 4.74 Å². The van der Waals surface area contributed by atoms with Crippen molar-refractivity contribution < 1.29 is 14.3 Å². The van der Waals surface area contributed by atoms with Crippen LogP contribution in [0.15, 0.2) is 0 Å². The molecule has 65 valence electrons. The largest absolute Gasteiger partial charge is 0.508 e. The molecule has 3 nitrogen and oxygen atoms in total. The molecule has 0 aromatic carbocycles. The molecule has 0 unspecified atom stereocenters. The van der Waals surface area contributed by atoms with Crippen LogP contribution in [0, 0.1) is 6.42 Å². The first-order valence-corrected chi connectivity index (χ1v) is 3.88. The highest BCUT2D eigenvalue weighted by Crippen LogP contribution is 1.91. The lowest BCUT2D eigenvalue weighted by Crippen LogP contribution is -2.08. The quantitative estimate of drug-likeness (QED) is 0.455. The molecule has 3 heteroatoms. The van der Waals surface area contributed by atoms with Crippen LogP contribution in [0.4, 0.5) is 4.79 Å². The van der Waals surface area contributed by atoms with E-state index in [9.17, 15) is 4.79 Å². The van der Waals surface area contributed by atoms with Crippen molar-refractivity contribution in [3.63, 3.8) is 0 Å². The van der Waals surface area contributed by atoms with Gasteiger partial charge in [-0.05, 0) is 12.8 Å². The summed E-state index contributed by atoms with van der Waals surface area (Å²) in [6.07, 6.45) is 3.09.